The molecule has 5 nitrogen and oxygen atoms in total. The van der Waals surface area contributed by atoms with Crippen LogP contribution in [-0.2, 0) is 17.3 Å². The van der Waals surface area contributed by atoms with Gasteiger partial charge < -0.3 is 11.5 Å². The Morgan fingerprint density at radius 1 is 1.69 bits per heavy atom. The summed E-state index contributed by atoms with van der Waals surface area (Å²) in [7, 11) is 1.77. The summed E-state index contributed by atoms with van der Waals surface area (Å²) in [5.41, 5.74) is 11.2. The molecule has 2 rings (SSSR count). The molecule has 70 valence electrons. The fourth-order valence-corrected chi connectivity index (χ4v) is 1.69. The van der Waals surface area contributed by atoms with Crippen molar-refractivity contribution in [3.8, 4) is 0 Å². The number of nitrogens with zero attached hydrogens (tertiary/aromatic N) is 2. The van der Waals surface area contributed by atoms with Crippen molar-refractivity contribution in [1.82, 2.24) is 9.78 Å². The van der Waals surface area contributed by atoms with Crippen molar-refractivity contribution in [3.05, 3.63) is 11.8 Å². The fraction of sp³-hybridized carbons (Fsp3) is 0.500. The molecule has 1 aliphatic rings. The van der Waals surface area contributed by atoms with Gasteiger partial charge in [0.05, 0.1) is 11.1 Å². The highest BCUT2D eigenvalue weighted by Crippen LogP contribution is 2.47. The predicted octanol–water partition coefficient (Wildman–Crippen LogP) is -0.481. The summed E-state index contributed by atoms with van der Waals surface area (Å²) in [6, 6.07) is 1.72. The number of nitrogens with two attached hydrogens (primary N) is 2. The molecule has 0 unspecified atom stereocenters. The minimum atomic E-state index is -0.487. The van der Waals surface area contributed by atoms with Crippen molar-refractivity contribution in [2.45, 2.75) is 18.3 Å². The van der Waals surface area contributed by atoms with Gasteiger partial charge in [0, 0.05) is 13.1 Å². The van der Waals surface area contributed by atoms with Gasteiger partial charge in [-0.25, -0.2) is 0 Å². The van der Waals surface area contributed by atoms with Crippen LogP contribution < -0.4 is 11.5 Å². The Kier molecular flexibility index (Phi) is 1.40. The molecular weight excluding hydrogens is 168 g/mol. The highest BCUT2D eigenvalue weighted by molar-refractivity contribution is 5.89. The first kappa shape index (κ1) is 8.10. The minimum absolute atomic E-state index is 0.282. The Morgan fingerprint density at radius 3 is 2.62 bits per heavy atom. The Labute approximate surface area is 75.7 Å². The third-order valence-electron chi connectivity index (χ3n) is 2.61. The van der Waals surface area contributed by atoms with Crippen molar-refractivity contribution in [1.29, 1.82) is 0 Å². The number of hydrogen-bond donors (Lipinski definition) is 2. The average molecular weight is 180 g/mol. The second kappa shape index (κ2) is 2.25. The molecular formula is C8H12N4O. The van der Waals surface area contributed by atoms with Crippen LogP contribution in [0.1, 0.15) is 18.5 Å². The number of aromatic nitrogens is 2. The summed E-state index contributed by atoms with van der Waals surface area (Å²) in [6.07, 6.45) is 1.61. The molecule has 4 N–H and O–H groups in total. The molecule has 0 radical (unpaired) electrons. The molecule has 1 saturated carbocycles. The van der Waals surface area contributed by atoms with E-state index in [4.69, 9.17) is 11.5 Å². The zero-order valence-electron chi connectivity index (χ0n) is 7.45. The quantitative estimate of drug-likeness (QED) is 0.644. The van der Waals surface area contributed by atoms with E-state index in [1.54, 1.807) is 17.8 Å². The molecule has 0 spiro atoms. The summed E-state index contributed by atoms with van der Waals surface area (Å²) in [6.45, 7) is 0. The summed E-state index contributed by atoms with van der Waals surface area (Å²) >= 11 is 0. The van der Waals surface area contributed by atoms with Gasteiger partial charge in [0.15, 0.2) is 0 Å². The van der Waals surface area contributed by atoms with Gasteiger partial charge in [-0.1, -0.05) is 0 Å². The zero-order valence-corrected chi connectivity index (χ0v) is 7.45. The summed E-state index contributed by atoms with van der Waals surface area (Å²) in [5, 5.41) is 3.99. The number of carbonyl (C=O) groups is 1. The van der Waals surface area contributed by atoms with E-state index in [0.29, 0.717) is 5.82 Å². The molecule has 1 aromatic heterocycles. The maximum absolute atomic E-state index is 11.2. The molecule has 0 aromatic carbocycles. The first-order valence-electron chi connectivity index (χ1n) is 4.16. The third kappa shape index (κ3) is 0.998. The number of hydrogen-bond acceptors (Lipinski definition) is 3. The second-order valence-electron chi connectivity index (χ2n) is 3.52. The molecule has 0 aliphatic heterocycles. The van der Waals surface area contributed by atoms with Crippen LogP contribution in [-0.4, -0.2) is 15.7 Å². The van der Waals surface area contributed by atoms with Crippen LogP contribution in [0.4, 0.5) is 5.82 Å². The predicted molar refractivity (Wildman–Crippen MR) is 47.7 cm³/mol. The smallest absolute Gasteiger partial charge is 0.229 e. The van der Waals surface area contributed by atoms with Crippen LogP contribution >= 0.6 is 0 Å². The van der Waals surface area contributed by atoms with Gasteiger partial charge >= 0.3 is 0 Å². The largest absolute Gasteiger partial charge is 0.382 e. The summed E-state index contributed by atoms with van der Waals surface area (Å²) in [4.78, 5) is 11.2. The summed E-state index contributed by atoms with van der Waals surface area (Å²) in [5.74, 6) is 0.153. The number of aryl methyl sites for hydroxylation is 1. The number of amides is 1. The van der Waals surface area contributed by atoms with E-state index in [1.807, 2.05) is 0 Å². The molecule has 5 heteroatoms. The van der Waals surface area contributed by atoms with Crippen molar-refractivity contribution in [3.63, 3.8) is 0 Å². The standard InChI is InChI=1S/C8H12N4O/c1-12-5(4-6(9)11-12)8(2-3-8)7(10)13/h4H,2-3H2,1H3,(H2,9,11)(H2,10,13). The van der Waals surface area contributed by atoms with Gasteiger partial charge in [-0.05, 0) is 12.8 Å². The Balaban J connectivity index is 2.46. The Morgan fingerprint density at radius 2 is 2.31 bits per heavy atom. The topological polar surface area (TPSA) is 86.9 Å². The summed E-state index contributed by atoms with van der Waals surface area (Å²) < 4.78 is 1.63. The van der Waals surface area contributed by atoms with E-state index in [0.717, 1.165) is 18.5 Å². The first-order chi connectivity index (χ1) is 6.06. The van der Waals surface area contributed by atoms with Crippen molar-refractivity contribution < 1.29 is 4.79 Å². The highest BCUT2D eigenvalue weighted by Gasteiger charge is 2.52. The van der Waals surface area contributed by atoms with Gasteiger partial charge in [-0.15, -0.1) is 0 Å². The molecule has 1 aliphatic carbocycles. The molecule has 0 saturated heterocycles. The van der Waals surface area contributed by atoms with E-state index in [1.165, 1.54) is 0 Å². The van der Waals surface area contributed by atoms with E-state index >= 15 is 0 Å². The van der Waals surface area contributed by atoms with Crippen LogP contribution in [0, 0.1) is 0 Å². The molecule has 0 bridgehead atoms. The number of primary amides is 1. The lowest BCUT2D eigenvalue weighted by Gasteiger charge is -2.09. The van der Waals surface area contributed by atoms with Crippen molar-refractivity contribution in [2.75, 3.05) is 5.73 Å². The maximum atomic E-state index is 11.2. The van der Waals surface area contributed by atoms with Crippen LogP contribution in [0.15, 0.2) is 6.07 Å². The normalized spacial score (nSPS) is 18.5. The van der Waals surface area contributed by atoms with Gasteiger partial charge in [0.1, 0.15) is 5.82 Å². The van der Waals surface area contributed by atoms with E-state index in [-0.39, 0.29) is 5.91 Å². The average Bonchev–Trinajstić information content (AvgIpc) is 2.75. The fourth-order valence-electron chi connectivity index (χ4n) is 1.69. The number of rotatable bonds is 2. The molecule has 13 heavy (non-hydrogen) atoms. The second-order valence-corrected chi connectivity index (χ2v) is 3.52. The van der Waals surface area contributed by atoms with Crippen LogP contribution in [0.3, 0.4) is 0 Å². The number of carbonyl (C=O) groups excluding carboxylic acids is 1. The van der Waals surface area contributed by atoms with Gasteiger partial charge in [0.25, 0.3) is 0 Å². The molecule has 1 aromatic rings. The lowest BCUT2D eigenvalue weighted by Crippen LogP contribution is -2.30. The van der Waals surface area contributed by atoms with Gasteiger partial charge in [-0.3, -0.25) is 9.48 Å². The Bertz CT molecular complexity index is 364. The lowest BCUT2D eigenvalue weighted by molar-refractivity contribution is -0.120. The lowest BCUT2D eigenvalue weighted by atomic mass is 10.0. The maximum Gasteiger partial charge on any atom is 0.229 e. The van der Waals surface area contributed by atoms with Crippen molar-refractivity contribution in [2.24, 2.45) is 12.8 Å². The highest BCUT2D eigenvalue weighted by atomic mass is 16.1. The van der Waals surface area contributed by atoms with Crippen LogP contribution in [0.5, 0.6) is 0 Å². The SMILES string of the molecule is Cn1nc(N)cc1C1(C(N)=O)CC1. The van der Waals surface area contributed by atoms with E-state index in [2.05, 4.69) is 5.10 Å². The third-order valence-corrected chi connectivity index (χ3v) is 2.61. The monoisotopic (exact) mass is 180 g/mol. The van der Waals surface area contributed by atoms with E-state index < -0.39 is 5.41 Å². The van der Waals surface area contributed by atoms with Gasteiger partial charge in [-0.2, -0.15) is 5.10 Å². The van der Waals surface area contributed by atoms with Crippen molar-refractivity contribution >= 4 is 11.7 Å². The molecule has 1 fully saturated rings. The zero-order chi connectivity index (χ0) is 9.64. The molecule has 1 heterocycles. The van der Waals surface area contributed by atoms with Crippen LogP contribution in [0.25, 0.3) is 0 Å². The number of anilines is 1. The van der Waals surface area contributed by atoms with Crippen LogP contribution in [0.2, 0.25) is 0 Å². The van der Waals surface area contributed by atoms with E-state index in [9.17, 15) is 4.79 Å². The van der Waals surface area contributed by atoms with Gasteiger partial charge in [0.2, 0.25) is 5.91 Å². The molecule has 0 atom stereocenters. The molecule has 1 amide bonds. The minimum Gasteiger partial charge on any atom is -0.382 e. The number of nitrogen functional groups attached to an aromatic ring is 1. The first-order valence-corrected chi connectivity index (χ1v) is 4.16. The Hall–Kier alpha value is -1.52.